The van der Waals surface area contributed by atoms with Gasteiger partial charge in [-0.05, 0) is 36.2 Å². The Kier molecular flexibility index (Phi) is 5.97. The van der Waals surface area contributed by atoms with Gasteiger partial charge in [0.05, 0.1) is 12.0 Å². The zero-order chi connectivity index (χ0) is 22.0. The van der Waals surface area contributed by atoms with Crippen LogP contribution in [0.1, 0.15) is 12.0 Å². The summed E-state index contributed by atoms with van der Waals surface area (Å²) in [6.45, 7) is 0.902. The molecule has 2 aliphatic heterocycles. The molecule has 2 saturated heterocycles. The minimum absolute atomic E-state index is 0.00938. The average Bonchev–Trinajstić information content (AvgIpc) is 3.02. The van der Waals surface area contributed by atoms with Gasteiger partial charge in [0.25, 0.3) is 0 Å². The summed E-state index contributed by atoms with van der Waals surface area (Å²) in [5.74, 6) is 0.290. The average molecular weight is 444 g/mol. The Balaban J connectivity index is 1.50. The van der Waals surface area contributed by atoms with Crippen LogP contribution in [0.4, 0.5) is 0 Å². The molecule has 0 saturated carbocycles. The first-order chi connectivity index (χ1) is 14.9. The largest absolute Gasteiger partial charge is 0.497 e. The van der Waals surface area contributed by atoms with E-state index < -0.39 is 16.1 Å². The van der Waals surface area contributed by atoms with Crippen LogP contribution in [0, 0.1) is 0 Å². The lowest BCUT2D eigenvalue weighted by Crippen LogP contribution is -2.59. The summed E-state index contributed by atoms with van der Waals surface area (Å²) in [5, 5.41) is 0. The Hall–Kier alpha value is -2.91. The van der Waals surface area contributed by atoms with Crippen molar-refractivity contribution in [1.29, 1.82) is 0 Å². The molecular weight excluding hydrogens is 418 g/mol. The number of hydrogen-bond donors (Lipinski definition) is 0. The third-order valence-electron chi connectivity index (χ3n) is 5.78. The number of hydrogen-bond acceptors (Lipinski definition) is 5. The highest BCUT2D eigenvalue weighted by atomic mass is 32.2. The molecule has 2 aliphatic rings. The molecule has 9 heteroatoms. The normalized spacial score (nSPS) is 20.4. The Morgan fingerprint density at radius 3 is 2.35 bits per heavy atom. The van der Waals surface area contributed by atoms with Crippen LogP contribution in [0.5, 0.6) is 5.75 Å². The van der Waals surface area contributed by atoms with Gasteiger partial charge in [-0.1, -0.05) is 30.3 Å². The predicted molar refractivity (Wildman–Crippen MR) is 114 cm³/mol. The lowest BCUT2D eigenvalue weighted by molar-refractivity contribution is -0.156. The van der Waals surface area contributed by atoms with Crippen molar-refractivity contribution in [3.63, 3.8) is 0 Å². The fraction of sp³-hybridized carbons (Fsp3) is 0.364. The van der Waals surface area contributed by atoms with Crippen LogP contribution in [0.25, 0.3) is 0 Å². The number of carbonyl (C=O) groups excluding carboxylic acids is 2. The maximum atomic E-state index is 13.1. The summed E-state index contributed by atoms with van der Waals surface area (Å²) < 4.78 is 32.6. The van der Waals surface area contributed by atoms with Crippen molar-refractivity contribution in [2.45, 2.75) is 23.9 Å². The molecule has 2 heterocycles. The van der Waals surface area contributed by atoms with Crippen LogP contribution in [-0.4, -0.2) is 73.7 Å². The van der Waals surface area contributed by atoms with E-state index in [1.165, 1.54) is 28.4 Å². The van der Waals surface area contributed by atoms with Crippen LogP contribution in [0.2, 0.25) is 0 Å². The van der Waals surface area contributed by atoms with E-state index in [2.05, 4.69) is 0 Å². The van der Waals surface area contributed by atoms with E-state index in [0.717, 1.165) is 5.56 Å². The molecule has 0 spiro atoms. The second-order valence-corrected chi connectivity index (χ2v) is 9.59. The fourth-order valence-corrected chi connectivity index (χ4v) is 5.53. The Morgan fingerprint density at radius 1 is 0.968 bits per heavy atom. The van der Waals surface area contributed by atoms with Gasteiger partial charge in [0, 0.05) is 26.2 Å². The monoisotopic (exact) mass is 443 g/mol. The molecule has 0 aromatic heterocycles. The van der Waals surface area contributed by atoms with Gasteiger partial charge in [-0.15, -0.1) is 0 Å². The molecule has 2 amide bonds. The van der Waals surface area contributed by atoms with Crippen molar-refractivity contribution in [3.05, 3.63) is 60.2 Å². The predicted octanol–water partition coefficient (Wildman–Crippen LogP) is 1.33. The van der Waals surface area contributed by atoms with Gasteiger partial charge in [-0.3, -0.25) is 9.59 Å². The van der Waals surface area contributed by atoms with Gasteiger partial charge in [-0.2, -0.15) is 4.31 Å². The van der Waals surface area contributed by atoms with Crippen molar-refractivity contribution in [2.24, 2.45) is 0 Å². The van der Waals surface area contributed by atoms with Crippen molar-refractivity contribution in [1.82, 2.24) is 14.1 Å². The topological polar surface area (TPSA) is 87.2 Å². The standard InChI is InChI=1S/C22H25N3O5S/c1-30-18-7-9-19(10-8-18)31(28,29)24-12-11-20-22(27)23(15-17-5-3-2-4-6-17)16-21(26)25(20)14-13-24/h2-10,20H,11-16H2,1H3. The highest BCUT2D eigenvalue weighted by Gasteiger charge is 2.42. The van der Waals surface area contributed by atoms with E-state index in [1.807, 2.05) is 30.3 Å². The van der Waals surface area contributed by atoms with Crippen molar-refractivity contribution < 1.29 is 22.7 Å². The summed E-state index contributed by atoms with van der Waals surface area (Å²) in [5.41, 5.74) is 0.953. The third kappa shape index (κ3) is 4.28. The zero-order valence-electron chi connectivity index (χ0n) is 17.3. The summed E-state index contributed by atoms with van der Waals surface area (Å²) in [4.78, 5) is 29.1. The molecule has 0 N–H and O–H groups in total. The molecule has 1 unspecified atom stereocenters. The molecule has 2 aromatic rings. The van der Waals surface area contributed by atoms with E-state index >= 15 is 0 Å². The first-order valence-electron chi connectivity index (χ1n) is 10.2. The number of methoxy groups -OCH3 is 1. The summed E-state index contributed by atoms with van der Waals surface area (Å²) in [6.07, 6.45) is 0.269. The number of carbonyl (C=O) groups is 2. The first kappa shape index (κ1) is 21.3. The summed E-state index contributed by atoms with van der Waals surface area (Å²) in [6, 6.07) is 15.1. The second-order valence-electron chi connectivity index (χ2n) is 7.65. The van der Waals surface area contributed by atoms with Crippen molar-refractivity contribution >= 4 is 21.8 Å². The number of benzene rings is 2. The number of sulfonamides is 1. The highest BCUT2D eigenvalue weighted by molar-refractivity contribution is 7.89. The molecule has 31 heavy (non-hydrogen) atoms. The van der Waals surface area contributed by atoms with Crippen LogP contribution >= 0.6 is 0 Å². The molecule has 2 aromatic carbocycles. The molecule has 2 fully saturated rings. The first-order valence-corrected chi connectivity index (χ1v) is 11.6. The number of fused-ring (bicyclic) bond motifs is 1. The third-order valence-corrected chi connectivity index (χ3v) is 7.69. The maximum Gasteiger partial charge on any atom is 0.246 e. The van der Waals surface area contributed by atoms with E-state index in [1.54, 1.807) is 17.0 Å². The number of ether oxygens (including phenoxy) is 1. The molecule has 164 valence electrons. The van der Waals surface area contributed by atoms with Crippen LogP contribution in [0.15, 0.2) is 59.5 Å². The van der Waals surface area contributed by atoms with Gasteiger partial charge in [0.1, 0.15) is 18.3 Å². The molecular formula is C22H25N3O5S. The Bertz CT molecular complexity index is 1060. The zero-order valence-corrected chi connectivity index (χ0v) is 18.1. The maximum absolute atomic E-state index is 13.1. The van der Waals surface area contributed by atoms with Gasteiger partial charge in [-0.25, -0.2) is 8.42 Å². The molecule has 0 aliphatic carbocycles. The SMILES string of the molecule is COc1ccc(S(=O)(=O)N2CCC3C(=O)N(Cc4ccccc4)CC(=O)N3CC2)cc1. The van der Waals surface area contributed by atoms with Gasteiger partial charge >= 0.3 is 0 Å². The second kappa shape index (κ2) is 8.68. The number of rotatable bonds is 5. The Labute approximate surface area is 182 Å². The molecule has 0 radical (unpaired) electrons. The number of piperazine rings is 1. The lowest BCUT2D eigenvalue weighted by atomic mass is 10.1. The van der Waals surface area contributed by atoms with Crippen molar-refractivity contribution in [3.8, 4) is 5.75 Å². The number of amides is 2. The molecule has 4 rings (SSSR count). The van der Waals surface area contributed by atoms with Gasteiger partial charge < -0.3 is 14.5 Å². The van der Waals surface area contributed by atoms with Gasteiger partial charge in [0.15, 0.2) is 0 Å². The van der Waals surface area contributed by atoms with Crippen LogP contribution < -0.4 is 4.74 Å². The molecule has 1 atom stereocenters. The van der Waals surface area contributed by atoms with E-state index in [0.29, 0.717) is 12.3 Å². The van der Waals surface area contributed by atoms with Crippen LogP contribution in [0.3, 0.4) is 0 Å². The molecule has 8 nitrogen and oxygen atoms in total. The van der Waals surface area contributed by atoms with E-state index in [-0.39, 0.29) is 49.3 Å². The van der Waals surface area contributed by atoms with E-state index in [4.69, 9.17) is 4.74 Å². The smallest absolute Gasteiger partial charge is 0.246 e. The van der Waals surface area contributed by atoms with Gasteiger partial charge in [0.2, 0.25) is 21.8 Å². The van der Waals surface area contributed by atoms with Crippen molar-refractivity contribution in [2.75, 3.05) is 33.3 Å². The Morgan fingerprint density at radius 2 is 1.68 bits per heavy atom. The fourth-order valence-electron chi connectivity index (χ4n) is 4.08. The summed E-state index contributed by atoms with van der Waals surface area (Å²) >= 11 is 0. The quantitative estimate of drug-likeness (QED) is 0.696. The van der Waals surface area contributed by atoms with Crippen LogP contribution in [-0.2, 0) is 26.2 Å². The lowest BCUT2D eigenvalue weighted by Gasteiger charge is -2.39. The summed E-state index contributed by atoms with van der Waals surface area (Å²) in [7, 11) is -2.22. The number of nitrogens with zero attached hydrogens (tertiary/aromatic N) is 3. The van der Waals surface area contributed by atoms with E-state index in [9.17, 15) is 18.0 Å². The molecule has 0 bridgehead atoms. The minimum atomic E-state index is -3.74. The highest BCUT2D eigenvalue weighted by Crippen LogP contribution is 2.25. The minimum Gasteiger partial charge on any atom is -0.497 e.